The van der Waals surface area contributed by atoms with Crippen LogP contribution in [-0.4, -0.2) is 29.5 Å². The van der Waals surface area contributed by atoms with Gasteiger partial charge in [-0.25, -0.2) is 15.0 Å². The van der Waals surface area contributed by atoms with Crippen LogP contribution < -0.4 is 0 Å². The van der Waals surface area contributed by atoms with Crippen molar-refractivity contribution in [2.45, 2.75) is 12.3 Å². The molecular formula is C49H32N6O. The van der Waals surface area contributed by atoms with Gasteiger partial charge in [0, 0.05) is 45.6 Å². The van der Waals surface area contributed by atoms with Crippen molar-refractivity contribution in [3.05, 3.63) is 182 Å². The molecule has 0 bridgehead atoms. The second kappa shape index (κ2) is 13.1. The summed E-state index contributed by atoms with van der Waals surface area (Å²) in [6.45, 7) is 0. The molecule has 0 fully saturated rings. The number of aromatic nitrogens is 6. The Hall–Kier alpha value is -7.51. The highest BCUT2D eigenvalue weighted by molar-refractivity contribution is 6.24. The highest BCUT2D eigenvalue weighted by atomic mass is 16.3. The molecule has 1 atom stereocenters. The summed E-state index contributed by atoms with van der Waals surface area (Å²) in [5, 5.41) is 4.54. The first-order valence-corrected chi connectivity index (χ1v) is 18.8. The van der Waals surface area contributed by atoms with Gasteiger partial charge in [-0.15, -0.1) is 0 Å². The molecule has 5 aromatic carbocycles. The van der Waals surface area contributed by atoms with Gasteiger partial charge in [-0.2, -0.15) is 0 Å². The average molecular weight is 721 g/mol. The van der Waals surface area contributed by atoms with Gasteiger partial charge in [0.25, 0.3) is 0 Å². The number of furan rings is 1. The molecule has 10 aromatic rings. The molecule has 5 aromatic heterocycles. The average Bonchev–Trinajstić information content (AvgIpc) is 3.83. The molecule has 264 valence electrons. The number of benzene rings is 5. The normalized spacial score (nSPS) is 14.0. The molecule has 0 N–H and O–H groups in total. The van der Waals surface area contributed by atoms with E-state index in [4.69, 9.17) is 19.4 Å². The summed E-state index contributed by atoms with van der Waals surface area (Å²) in [5.41, 5.74) is 10.6. The Kier molecular flexibility index (Phi) is 7.48. The molecule has 11 rings (SSSR count). The monoisotopic (exact) mass is 720 g/mol. The number of allylic oxidation sites excluding steroid dienone is 4. The van der Waals surface area contributed by atoms with Crippen LogP contribution in [0.25, 0.3) is 95.0 Å². The quantitative estimate of drug-likeness (QED) is 0.170. The fourth-order valence-electron chi connectivity index (χ4n) is 8.19. The Morgan fingerprint density at radius 3 is 1.98 bits per heavy atom. The van der Waals surface area contributed by atoms with Crippen LogP contribution >= 0.6 is 0 Å². The SMILES string of the molecule is C1=CCC(c2cc(-c3nc(-c4ccccn4)nc(-c4ccccn4)n3)cc(-c3ccccc3)c2-n2c3ccccc3c3ccc4oc5ccccc5c4c32)C=C1. The van der Waals surface area contributed by atoms with Crippen LogP contribution in [-0.2, 0) is 0 Å². The van der Waals surface area contributed by atoms with Crippen molar-refractivity contribution >= 4 is 43.7 Å². The summed E-state index contributed by atoms with van der Waals surface area (Å²) < 4.78 is 9.00. The number of hydrogen-bond donors (Lipinski definition) is 0. The molecule has 0 saturated carbocycles. The molecule has 7 heteroatoms. The van der Waals surface area contributed by atoms with Gasteiger partial charge in [0.15, 0.2) is 17.5 Å². The van der Waals surface area contributed by atoms with Crippen molar-refractivity contribution in [2.75, 3.05) is 0 Å². The molecule has 7 nitrogen and oxygen atoms in total. The van der Waals surface area contributed by atoms with Crippen LogP contribution in [0.5, 0.6) is 0 Å². The van der Waals surface area contributed by atoms with Crippen LogP contribution in [0.15, 0.2) is 181 Å². The number of pyridine rings is 2. The molecule has 0 spiro atoms. The van der Waals surface area contributed by atoms with Crippen LogP contribution in [0.2, 0.25) is 0 Å². The van der Waals surface area contributed by atoms with Crippen molar-refractivity contribution in [1.29, 1.82) is 0 Å². The second-order valence-corrected chi connectivity index (χ2v) is 14.0. The Balaban J connectivity index is 1.28. The van der Waals surface area contributed by atoms with E-state index < -0.39 is 0 Å². The number of hydrogen-bond acceptors (Lipinski definition) is 6. The predicted octanol–water partition coefficient (Wildman–Crippen LogP) is 11.9. The Morgan fingerprint density at radius 1 is 0.554 bits per heavy atom. The van der Waals surface area contributed by atoms with Crippen LogP contribution in [0.4, 0.5) is 0 Å². The Bertz CT molecular complexity index is 3110. The molecule has 56 heavy (non-hydrogen) atoms. The van der Waals surface area contributed by atoms with Crippen LogP contribution in [0.1, 0.15) is 17.9 Å². The summed E-state index contributed by atoms with van der Waals surface area (Å²) in [6, 6.07) is 48.1. The number of nitrogens with zero attached hydrogens (tertiary/aromatic N) is 6. The minimum atomic E-state index is 0.0706. The van der Waals surface area contributed by atoms with Crippen molar-refractivity contribution in [3.63, 3.8) is 0 Å². The number of para-hydroxylation sites is 2. The first-order valence-electron chi connectivity index (χ1n) is 18.8. The summed E-state index contributed by atoms with van der Waals surface area (Å²) in [6.07, 6.45) is 13.2. The van der Waals surface area contributed by atoms with E-state index in [2.05, 4.69) is 136 Å². The van der Waals surface area contributed by atoms with Gasteiger partial charge >= 0.3 is 0 Å². The van der Waals surface area contributed by atoms with Gasteiger partial charge < -0.3 is 8.98 Å². The fourth-order valence-corrected chi connectivity index (χ4v) is 8.19. The fraction of sp³-hybridized carbons (Fsp3) is 0.0408. The molecular weight excluding hydrogens is 689 g/mol. The van der Waals surface area contributed by atoms with Crippen molar-refractivity contribution in [2.24, 2.45) is 0 Å². The summed E-state index contributed by atoms with van der Waals surface area (Å²) in [4.78, 5) is 24.4. The molecule has 1 aliphatic rings. The maximum absolute atomic E-state index is 6.51. The lowest BCUT2D eigenvalue weighted by molar-refractivity contribution is 0.669. The van der Waals surface area contributed by atoms with E-state index in [0.717, 1.165) is 67.3 Å². The third kappa shape index (κ3) is 5.24. The summed E-state index contributed by atoms with van der Waals surface area (Å²) in [5.74, 6) is 1.59. The van der Waals surface area contributed by atoms with E-state index in [9.17, 15) is 0 Å². The molecule has 1 aliphatic carbocycles. The van der Waals surface area contributed by atoms with E-state index in [1.54, 1.807) is 12.4 Å². The third-order valence-corrected chi connectivity index (χ3v) is 10.7. The standard InChI is InChI=1S/C49H32N6O/c1-3-15-31(16-4-1)37-29-33(47-52-48(39-21-11-13-27-50-39)54-49(53-47)40-22-12-14-28-51-40)30-38(32-17-5-2-6-18-32)45(37)55-41-23-9-7-19-34(41)35-25-26-43-44(46(35)55)36-20-8-10-24-42(36)56-43/h1-17,19-30,32H,18H2. The van der Waals surface area contributed by atoms with Crippen molar-refractivity contribution < 1.29 is 4.42 Å². The van der Waals surface area contributed by atoms with Crippen molar-refractivity contribution in [1.82, 2.24) is 29.5 Å². The number of rotatable bonds is 6. The van der Waals surface area contributed by atoms with Gasteiger partial charge in [0.05, 0.1) is 22.1 Å². The number of fused-ring (bicyclic) bond motifs is 7. The molecule has 0 amide bonds. The lowest BCUT2D eigenvalue weighted by Gasteiger charge is -2.25. The van der Waals surface area contributed by atoms with Crippen LogP contribution in [0, 0.1) is 0 Å². The molecule has 1 unspecified atom stereocenters. The van der Waals surface area contributed by atoms with Gasteiger partial charge in [-0.1, -0.05) is 103 Å². The smallest absolute Gasteiger partial charge is 0.182 e. The van der Waals surface area contributed by atoms with E-state index in [0.29, 0.717) is 28.9 Å². The second-order valence-electron chi connectivity index (χ2n) is 14.0. The maximum Gasteiger partial charge on any atom is 0.182 e. The van der Waals surface area contributed by atoms with E-state index in [1.165, 1.54) is 10.8 Å². The van der Waals surface area contributed by atoms with E-state index in [-0.39, 0.29) is 5.92 Å². The summed E-state index contributed by atoms with van der Waals surface area (Å²) >= 11 is 0. The topological polar surface area (TPSA) is 82.5 Å². The summed E-state index contributed by atoms with van der Waals surface area (Å²) in [7, 11) is 0. The maximum atomic E-state index is 6.51. The van der Waals surface area contributed by atoms with Gasteiger partial charge in [0.1, 0.15) is 22.6 Å². The Morgan fingerprint density at radius 2 is 1.25 bits per heavy atom. The molecule has 0 aliphatic heterocycles. The largest absolute Gasteiger partial charge is 0.456 e. The Labute approximate surface area is 322 Å². The minimum Gasteiger partial charge on any atom is -0.456 e. The van der Waals surface area contributed by atoms with E-state index >= 15 is 0 Å². The van der Waals surface area contributed by atoms with Gasteiger partial charge in [0.2, 0.25) is 0 Å². The molecule has 0 saturated heterocycles. The molecule has 5 heterocycles. The lowest BCUT2D eigenvalue weighted by Crippen LogP contribution is -2.09. The highest BCUT2D eigenvalue weighted by Gasteiger charge is 2.27. The van der Waals surface area contributed by atoms with Gasteiger partial charge in [-0.05, 0) is 78.2 Å². The van der Waals surface area contributed by atoms with Gasteiger partial charge in [-0.3, -0.25) is 9.97 Å². The first kappa shape index (κ1) is 32.0. The predicted molar refractivity (Wildman–Crippen MR) is 224 cm³/mol. The zero-order valence-corrected chi connectivity index (χ0v) is 30.1. The molecule has 0 radical (unpaired) electrons. The zero-order valence-electron chi connectivity index (χ0n) is 30.1. The first-order chi connectivity index (χ1) is 27.8. The minimum absolute atomic E-state index is 0.0706. The van der Waals surface area contributed by atoms with Crippen molar-refractivity contribution in [3.8, 4) is 51.2 Å². The lowest BCUT2D eigenvalue weighted by atomic mass is 9.86. The third-order valence-electron chi connectivity index (χ3n) is 10.7. The van der Waals surface area contributed by atoms with Crippen LogP contribution in [0.3, 0.4) is 0 Å². The zero-order chi connectivity index (χ0) is 37.0. The highest BCUT2D eigenvalue weighted by Crippen LogP contribution is 2.46. The van der Waals surface area contributed by atoms with E-state index in [1.807, 2.05) is 42.5 Å².